The van der Waals surface area contributed by atoms with Crippen LogP contribution in [0.1, 0.15) is 45.2 Å². The molecule has 0 N–H and O–H groups in total. The van der Waals surface area contributed by atoms with Crippen LogP contribution in [0.25, 0.3) is 11.6 Å². The quantitative estimate of drug-likeness (QED) is 0.353. The van der Waals surface area contributed by atoms with Crippen molar-refractivity contribution in [3.63, 3.8) is 0 Å². The number of amides is 1. The van der Waals surface area contributed by atoms with Gasteiger partial charge in [-0.15, -0.1) is 6.58 Å². The minimum Gasteiger partial charge on any atom is -0.362 e. The van der Waals surface area contributed by atoms with Gasteiger partial charge < -0.3 is 4.90 Å². The first-order chi connectivity index (χ1) is 13.2. The molecule has 0 unspecified atom stereocenters. The highest BCUT2D eigenvalue weighted by atomic mass is 32.2. The second-order valence-electron chi connectivity index (χ2n) is 7.60. The standard InChI is InChI=1S/C22H25FN2OS2/c1-6-8-24-20(26)19(28-21(24)27)11-15-10-16-14(3)13-22(4,5)25(9-7-2)18(16)12-17(15)23/h6,10-13H,1,7-9H2,2-5H3/b19-11+. The molecule has 1 amide bonds. The summed E-state index contributed by atoms with van der Waals surface area (Å²) in [5.74, 6) is -0.535. The number of anilines is 1. The average Bonchev–Trinajstić information content (AvgIpc) is 2.87. The minimum absolute atomic E-state index is 0.172. The normalized spacial score (nSPS) is 19.9. The summed E-state index contributed by atoms with van der Waals surface area (Å²) in [4.78, 5) is 16.7. The predicted molar refractivity (Wildman–Crippen MR) is 122 cm³/mol. The van der Waals surface area contributed by atoms with Gasteiger partial charge >= 0.3 is 0 Å². The Balaban J connectivity index is 2.05. The van der Waals surface area contributed by atoms with Gasteiger partial charge in [-0.1, -0.05) is 43.1 Å². The lowest BCUT2D eigenvalue weighted by molar-refractivity contribution is -0.121. The van der Waals surface area contributed by atoms with E-state index in [4.69, 9.17) is 12.2 Å². The van der Waals surface area contributed by atoms with Crippen LogP contribution in [-0.4, -0.2) is 33.8 Å². The lowest BCUT2D eigenvalue weighted by atomic mass is 9.87. The molecule has 148 valence electrons. The maximum atomic E-state index is 15.0. The Morgan fingerprint density at radius 1 is 1.36 bits per heavy atom. The van der Waals surface area contributed by atoms with E-state index in [-0.39, 0.29) is 17.3 Å². The Kier molecular flexibility index (Phi) is 5.82. The lowest BCUT2D eigenvalue weighted by Gasteiger charge is -2.43. The van der Waals surface area contributed by atoms with E-state index >= 15 is 4.39 Å². The Bertz CT molecular complexity index is 917. The first-order valence-corrected chi connectivity index (χ1v) is 10.6. The zero-order valence-corrected chi connectivity index (χ0v) is 18.3. The highest BCUT2D eigenvalue weighted by Gasteiger charge is 2.33. The number of hydrogen-bond donors (Lipinski definition) is 0. The van der Waals surface area contributed by atoms with Crippen molar-refractivity contribution in [1.82, 2.24) is 4.90 Å². The molecule has 1 aromatic rings. The van der Waals surface area contributed by atoms with Crippen molar-refractivity contribution >= 4 is 51.5 Å². The molecule has 1 fully saturated rings. The number of thioether (sulfide) groups is 1. The summed E-state index contributed by atoms with van der Waals surface area (Å²) in [5, 5.41) is 0. The van der Waals surface area contributed by atoms with Crippen molar-refractivity contribution < 1.29 is 9.18 Å². The summed E-state index contributed by atoms with van der Waals surface area (Å²) >= 11 is 6.47. The van der Waals surface area contributed by atoms with Crippen molar-refractivity contribution in [2.45, 2.75) is 39.7 Å². The molecular formula is C22H25FN2OS2. The molecule has 0 spiro atoms. The molecule has 0 saturated carbocycles. The van der Waals surface area contributed by atoms with E-state index in [2.05, 4.69) is 45.2 Å². The van der Waals surface area contributed by atoms with E-state index in [1.54, 1.807) is 18.2 Å². The van der Waals surface area contributed by atoms with Gasteiger partial charge in [0.25, 0.3) is 5.91 Å². The molecule has 1 saturated heterocycles. The molecule has 2 heterocycles. The molecule has 28 heavy (non-hydrogen) atoms. The van der Waals surface area contributed by atoms with Crippen LogP contribution in [0.5, 0.6) is 0 Å². The third kappa shape index (κ3) is 3.67. The fraction of sp³-hybridized carbons (Fsp3) is 0.364. The SMILES string of the molecule is C=CCN1C(=O)/C(=C\c2cc3c(cc2F)N(CCC)C(C)(C)C=C3C)SC1=S. The van der Waals surface area contributed by atoms with Gasteiger partial charge in [-0.2, -0.15) is 0 Å². The number of benzene rings is 1. The van der Waals surface area contributed by atoms with Crippen LogP contribution in [0, 0.1) is 5.82 Å². The van der Waals surface area contributed by atoms with Gasteiger partial charge in [0.1, 0.15) is 10.1 Å². The van der Waals surface area contributed by atoms with Crippen molar-refractivity contribution in [2.24, 2.45) is 0 Å². The Morgan fingerprint density at radius 2 is 2.07 bits per heavy atom. The molecule has 2 aliphatic rings. The van der Waals surface area contributed by atoms with Crippen molar-refractivity contribution in [1.29, 1.82) is 0 Å². The van der Waals surface area contributed by atoms with Crippen LogP contribution in [0.15, 0.2) is 35.8 Å². The van der Waals surface area contributed by atoms with Crippen LogP contribution in [-0.2, 0) is 4.79 Å². The molecule has 1 aromatic carbocycles. The highest BCUT2D eigenvalue weighted by molar-refractivity contribution is 8.26. The van der Waals surface area contributed by atoms with Gasteiger partial charge in [-0.3, -0.25) is 9.69 Å². The molecule has 0 atom stereocenters. The summed E-state index contributed by atoms with van der Waals surface area (Å²) in [5.41, 5.74) is 3.25. The molecule has 3 nitrogen and oxygen atoms in total. The number of carbonyl (C=O) groups excluding carboxylic acids is 1. The molecule has 6 heteroatoms. The highest BCUT2D eigenvalue weighted by Crippen LogP contribution is 2.41. The molecule has 2 aliphatic heterocycles. The third-order valence-electron chi connectivity index (χ3n) is 5.02. The van der Waals surface area contributed by atoms with E-state index in [0.29, 0.717) is 21.3 Å². The summed E-state index contributed by atoms with van der Waals surface area (Å²) in [6.07, 6.45) is 6.43. The van der Waals surface area contributed by atoms with Crippen molar-refractivity contribution in [3.8, 4) is 0 Å². The zero-order valence-electron chi connectivity index (χ0n) is 16.7. The molecule has 3 rings (SSSR count). The largest absolute Gasteiger partial charge is 0.362 e. The summed E-state index contributed by atoms with van der Waals surface area (Å²) in [7, 11) is 0. The predicted octanol–water partition coefficient (Wildman–Crippen LogP) is 5.62. The van der Waals surface area contributed by atoms with Gasteiger partial charge in [0.15, 0.2) is 0 Å². The topological polar surface area (TPSA) is 23.6 Å². The van der Waals surface area contributed by atoms with Crippen LogP contribution in [0.3, 0.4) is 0 Å². The number of allylic oxidation sites excluding steroid dienone is 1. The number of thiocarbonyl (C=S) groups is 1. The Hall–Kier alpha value is -1.92. The minimum atomic E-state index is -0.334. The lowest BCUT2D eigenvalue weighted by Crippen LogP contribution is -2.45. The van der Waals surface area contributed by atoms with Crippen molar-refractivity contribution in [2.75, 3.05) is 18.0 Å². The summed E-state index contributed by atoms with van der Waals surface area (Å²) < 4.78 is 15.5. The number of fused-ring (bicyclic) bond motifs is 1. The first kappa shape index (κ1) is 20.8. The number of rotatable bonds is 5. The molecule has 0 bridgehead atoms. The van der Waals surface area contributed by atoms with Crippen LogP contribution < -0.4 is 4.90 Å². The van der Waals surface area contributed by atoms with E-state index in [1.807, 2.05) is 6.07 Å². The van der Waals surface area contributed by atoms with E-state index < -0.39 is 0 Å². The Labute approximate surface area is 176 Å². The second kappa shape index (κ2) is 7.84. The van der Waals surface area contributed by atoms with Crippen molar-refractivity contribution in [3.05, 3.63) is 52.7 Å². The monoisotopic (exact) mass is 416 g/mol. The third-order valence-corrected chi connectivity index (χ3v) is 6.39. The maximum absolute atomic E-state index is 15.0. The molecule has 0 radical (unpaired) electrons. The summed E-state index contributed by atoms with van der Waals surface area (Å²) in [6.45, 7) is 13.3. The number of nitrogens with zero attached hydrogens (tertiary/aromatic N) is 2. The number of halogens is 1. The molecular weight excluding hydrogens is 391 g/mol. The molecule has 0 aromatic heterocycles. The molecule has 0 aliphatic carbocycles. The van der Waals surface area contributed by atoms with Gasteiger partial charge in [-0.25, -0.2) is 4.39 Å². The van der Waals surface area contributed by atoms with Crippen LogP contribution in [0.4, 0.5) is 10.1 Å². The maximum Gasteiger partial charge on any atom is 0.266 e. The fourth-order valence-corrected chi connectivity index (χ4v) is 5.05. The summed E-state index contributed by atoms with van der Waals surface area (Å²) in [6, 6.07) is 3.44. The fourth-order valence-electron chi connectivity index (χ4n) is 3.79. The smallest absolute Gasteiger partial charge is 0.266 e. The van der Waals surface area contributed by atoms with Crippen LogP contribution in [0.2, 0.25) is 0 Å². The van der Waals surface area contributed by atoms with Gasteiger partial charge in [0, 0.05) is 29.9 Å². The van der Waals surface area contributed by atoms with Gasteiger partial charge in [0.05, 0.1) is 10.4 Å². The zero-order chi connectivity index (χ0) is 20.6. The van der Waals surface area contributed by atoms with Gasteiger partial charge in [0.2, 0.25) is 0 Å². The van der Waals surface area contributed by atoms with E-state index in [1.165, 1.54) is 16.7 Å². The Morgan fingerprint density at radius 3 is 2.71 bits per heavy atom. The number of carbonyl (C=O) groups is 1. The van der Waals surface area contributed by atoms with Gasteiger partial charge in [-0.05, 0) is 51.0 Å². The van der Waals surface area contributed by atoms with E-state index in [0.717, 1.165) is 29.8 Å². The second-order valence-corrected chi connectivity index (χ2v) is 9.28. The average molecular weight is 417 g/mol. The van der Waals surface area contributed by atoms with E-state index in [9.17, 15) is 4.79 Å². The van der Waals surface area contributed by atoms with Crippen LogP contribution >= 0.6 is 24.0 Å². The number of hydrogen-bond acceptors (Lipinski definition) is 4. The first-order valence-electron chi connectivity index (χ1n) is 9.37.